The van der Waals surface area contributed by atoms with Crippen molar-refractivity contribution >= 4 is 21.2 Å². The van der Waals surface area contributed by atoms with Crippen LogP contribution in [0.25, 0.3) is 0 Å². The van der Waals surface area contributed by atoms with Crippen LogP contribution in [0.4, 0.5) is 11.4 Å². The minimum absolute atomic E-state index is 0.204. The minimum Gasteiger partial charge on any atom is -0.396 e. The minimum atomic E-state index is -3.28. The van der Waals surface area contributed by atoms with Gasteiger partial charge in [-0.2, -0.15) is 0 Å². The van der Waals surface area contributed by atoms with Crippen molar-refractivity contribution in [1.29, 1.82) is 0 Å². The van der Waals surface area contributed by atoms with Crippen LogP contribution in [0.1, 0.15) is 26.7 Å². The van der Waals surface area contributed by atoms with Crippen LogP contribution in [0.15, 0.2) is 23.1 Å². The van der Waals surface area contributed by atoms with Crippen molar-refractivity contribution in [3.8, 4) is 0 Å². The van der Waals surface area contributed by atoms with Gasteiger partial charge in [0.25, 0.3) is 0 Å². The van der Waals surface area contributed by atoms with Gasteiger partial charge in [0.2, 0.25) is 0 Å². The summed E-state index contributed by atoms with van der Waals surface area (Å²) >= 11 is 0. The molecular weight excluding hydrogens is 248 g/mol. The first kappa shape index (κ1) is 14.8. The molecule has 0 amide bonds. The molecule has 1 aromatic rings. The summed E-state index contributed by atoms with van der Waals surface area (Å²) in [5.41, 5.74) is 7.10. The average Bonchev–Trinajstić information content (AvgIpc) is 2.27. The maximum Gasteiger partial charge on any atom is 0.177 e. The van der Waals surface area contributed by atoms with E-state index in [0.29, 0.717) is 11.7 Å². The van der Waals surface area contributed by atoms with Gasteiger partial charge in [0, 0.05) is 19.3 Å². The van der Waals surface area contributed by atoms with E-state index >= 15 is 0 Å². The van der Waals surface area contributed by atoms with Crippen LogP contribution in [0, 0.1) is 0 Å². The molecule has 0 aromatic heterocycles. The summed E-state index contributed by atoms with van der Waals surface area (Å²) in [7, 11) is -1.34. The number of benzene rings is 1. The summed E-state index contributed by atoms with van der Waals surface area (Å²) in [5, 5.41) is 0. The molecule has 1 atom stereocenters. The first-order chi connectivity index (χ1) is 8.29. The molecule has 0 saturated heterocycles. The van der Waals surface area contributed by atoms with Crippen molar-refractivity contribution in [3.63, 3.8) is 0 Å². The molecule has 0 heterocycles. The Morgan fingerprint density at radius 1 is 1.39 bits per heavy atom. The Hall–Kier alpha value is -1.23. The van der Waals surface area contributed by atoms with Gasteiger partial charge in [0.05, 0.1) is 16.3 Å². The van der Waals surface area contributed by atoms with E-state index < -0.39 is 9.84 Å². The zero-order valence-corrected chi connectivity index (χ0v) is 12.3. The number of hydrogen-bond donors (Lipinski definition) is 1. The predicted molar refractivity (Wildman–Crippen MR) is 76.7 cm³/mol. The fourth-order valence-corrected chi connectivity index (χ4v) is 2.84. The Kier molecular flexibility index (Phi) is 4.62. The van der Waals surface area contributed by atoms with E-state index in [0.717, 1.165) is 18.5 Å². The lowest BCUT2D eigenvalue weighted by Crippen LogP contribution is -2.29. The van der Waals surface area contributed by atoms with Gasteiger partial charge in [0.15, 0.2) is 9.84 Å². The molecule has 1 unspecified atom stereocenters. The fourth-order valence-electron chi connectivity index (χ4n) is 2.01. The van der Waals surface area contributed by atoms with Crippen molar-refractivity contribution in [1.82, 2.24) is 0 Å². The van der Waals surface area contributed by atoms with E-state index in [-0.39, 0.29) is 4.90 Å². The molecule has 1 rings (SSSR count). The van der Waals surface area contributed by atoms with Crippen molar-refractivity contribution in [2.45, 2.75) is 37.6 Å². The van der Waals surface area contributed by atoms with Crippen LogP contribution in [-0.4, -0.2) is 27.8 Å². The van der Waals surface area contributed by atoms with Crippen LogP contribution in [0.3, 0.4) is 0 Å². The highest BCUT2D eigenvalue weighted by molar-refractivity contribution is 7.90. The zero-order chi connectivity index (χ0) is 13.9. The maximum absolute atomic E-state index is 11.6. The second-order valence-corrected chi connectivity index (χ2v) is 6.69. The number of para-hydroxylation sites is 1. The van der Waals surface area contributed by atoms with Gasteiger partial charge in [-0.1, -0.05) is 19.4 Å². The van der Waals surface area contributed by atoms with E-state index in [2.05, 4.69) is 13.8 Å². The molecule has 0 saturated carbocycles. The highest BCUT2D eigenvalue weighted by Crippen LogP contribution is 2.30. The predicted octanol–water partition coefficient (Wildman–Crippen LogP) is 2.30. The first-order valence-electron chi connectivity index (χ1n) is 6.10. The SMILES string of the molecule is CCCC(C)N(C)c1cccc(S(C)(=O)=O)c1N. The quantitative estimate of drug-likeness (QED) is 0.834. The smallest absolute Gasteiger partial charge is 0.177 e. The van der Waals surface area contributed by atoms with Gasteiger partial charge in [-0.3, -0.25) is 0 Å². The van der Waals surface area contributed by atoms with Crippen molar-refractivity contribution < 1.29 is 8.42 Å². The van der Waals surface area contributed by atoms with Gasteiger partial charge in [-0.05, 0) is 25.5 Å². The Bertz CT molecular complexity index is 512. The topological polar surface area (TPSA) is 63.4 Å². The second kappa shape index (κ2) is 5.61. The van der Waals surface area contributed by atoms with E-state index in [9.17, 15) is 8.42 Å². The third-order valence-electron chi connectivity index (χ3n) is 3.19. The molecule has 0 fully saturated rings. The Labute approximate surface area is 110 Å². The normalized spacial score (nSPS) is 13.3. The standard InChI is InChI=1S/C13H22N2O2S/c1-5-7-10(2)15(3)11-8-6-9-12(13(11)14)18(4,16)17/h6,8-10H,5,7,14H2,1-4H3. The molecule has 0 aliphatic rings. The zero-order valence-electron chi connectivity index (χ0n) is 11.5. The molecule has 0 radical (unpaired) electrons. The highest BCUT2D eigenvalue weighted by Gasteiger charge is 2.18. The molecule has 102 valence electrons. The molecule has 0 bridgehead atoms. The summed E-state index contributed by atoms with van der Waals surface area (Å²) in [6.07, 6.45) is 3.30. The lowest BCUT2D eigenvalue weighted by Gasteiger charge is -2.28. The molecule has 2 N–H and O–H groups in total. The summed E-state index contributed by atoms with van der Waals surface area (Å²) < 4.78 is 23.3. The second-order valence-electron chi connectivity index (χ2n) is 4.71. The van der Waals surface area contributed by atoms with Gasteiger partial charge < -0.3 is 10.6 Å². The molecule has 4 nitrogen and oxygen atoms in total. The maximum atomic E-state index is 11.6. The lowest BCUT2D eigenvalue weighted by molar-refractivity contribution is 0.601. The Morgan fingerprint density at radius 2 is 2.00 bits per heavy atom. The average molecular weight is 270 g/mol. The molecule has 0 aliphatic carbocycles. The fraction of sp³-hybridized carbons (Fsp3) is 0.538. The van der Waals surface area contributed by atoms with Crippen LogP contribution < -0.4 is 10.6 Å². The number of hydrogen-bond acceptors (Lipinski definition) is 4. The van der Waals surface area contributed by atoms with Crippen molar-refractivity contribution in [2.75, 3.05) is 23.9 Å². The van der Waals surface area contributed by atoms with Crippen LogP contribution >= 0.6 is 0 Å². The van der Waals surface area contributed by atoms with Crippen molar-refractivity contribution in [3.05, 3.63) is 18.2 Å². The summed E-state index contributed by atoms with van der Waals surface area (Å²) in [4.78, 5) is 2.24. The van der Waals surface area contributed by atoms with Crippen LogP contribution in [0.5, 0.6) is 0 Å². The number of rotatable bonds is 5. The largest absolute Gasteiger partial charge is 0.396 e. The molecule has 5 heteroatoms. The highest BCUT2D eigenvalue weighted by atomic mass is 32.2. The molecule has 18 heavy (non-hydrogen) atoms. The van der Waals surface area contributed by atoms with E-state index in [1.54, 1.807) is 12.1 Å². The summed E-state index contributed by atoms with van der Waals surface area (Å²) in [6, 6.07) is 5.46. The molecule has 0 aliphatic heterocycles. The van der Waals surface area contributed by atoms with Crippen molar-refractivity contribution in [2.24, 2.45) is 0 Å². The molecular formula is C13H22N2O2S. The third kappa shape index (κ3) is 3.16. The number of nitrogens with zero attached hydrogens (tertiary/aromatic N) is 1. The molecule has 1 aromatic carbocycles. The first-order valence-corrected chi connectivity index (χ1v) is 7.99. The van der Waals surface area contributed by atoms with Gasteiger partial charge in [-0.25, -0.2) is 8.42 Å². The number of sulfone groups is 1. The summed E-state index contributed by atoms with van der Waals surface area (Å²) in [6.45, 7) is 4.23. The van der Waals surface area contributed by atoms with Crippen LogP contribution in [-0.2, 0) is 9.84 Å². The number of nitrogens with two attached hydrogens (primary N) is 1. The van der Waals surface area contributed by atoms with Gasteiger partial charge >= 0.3 is 0 Å². The number of nitrogen functional groups attached to an aromatic ring is 1. The monoisotopic (exact) mass is 270 g/mol. The van der Waals surface area contributed by atoms with Crippen LogP contribution in [0.2, 0.25) is 0 Å². The van der Waals surface area contributed by atoms with Gasteiger partial charge in [0.1, 0.15) is 0 Å². The van der Waals surface area contributed by atoms with E-state index in [1.165, 1.54) is 6.26 Å². The van der Waals surface area contributed by atoms with E-state index in [1.807, 2.05) is 18.0 Å². The van der Waals surface area contributed by atoms with E-state index in [4.69, 9.17) is 5.73 Å². The Balaban J connectivity index is 3.19. The Morgan fingerprint density at radius 3 is 2.50 bits per heavy atom. The summed E-state index contributed by atoms with van der Waals surface area (Å²) in [5.74, 6) is 0. The third-order valence-corrected chi connectivity index (χ3v) is 4.35. The van der Waals surface area contributed by atoms with Gasteiger partial charge in [-0.15, -0.1) is 0 Å². The number of anilines is 2. The molecule has 0 spiro atoms. The lowest BCUT2D eigenvalue weighted by atomic mass is 10.1.